The van der Waals surface area contributed by atoms with Gasteiger partial charge >= 0.3 is 0 Å². The summed E-state index contributed by atoms with van der Waals surface area (Å²) >= 11 is 0. The highest BCUT2D eigenvalue weighted by atomic mass is 16.1. The highest BCUT2D eigenvalue weighted by Gasteiger charge is 2.21. The molecule has 0 N–H and O–H groups in total. The second-order valence-corrected chi connectivity index (χ2v) is 4.05. The molecule has 0 fully saturated rings. The van der Waals surface area contributed by atoms with E-state index in [0.29, 0.717) is 24.5 Å². The maximum Gasteiger partial charge on any atom is 0.200 e. The summed E-state index contributed by atoms with van der Waals surface area (Å²) in [4.78, 5) is 12.8. The van der Waals surface area contributed by atoms with Crippen LogP contribution in [0.15, 0.2) is 0 Å². The van der Waals surface area contributed by atoms with E-state index in [1.807, 2.05) is 6.29 Å². The van der Waals surface area contributed by atoms with E-state index >= 15 is 0 Å². The number of carbonyl (C=O) groups excluding carboxylic acids is 1. The number of hydrogen-bond acceptors (Lipinski definition) is 2. The van der Waals surface area contributed by atoms with Crippen LogP contribution in [0.1, 0.15) is 47.5 Å². The van der Waals surface area contributed by atoms with E-state index < -0.39 is 0 Å². The van der Waals surface area contributed by atoms with Crippen molar-refractivity contribution in [2.24, 2.45) is 0 Å². The maximum absolute atomic E-state index is 10.4. The quantitative estimate of drug-likeness (QED) is 0.631. The molecule has 0 rings (SSSR count). The molecule has 0 saturated heterocycles. The van der Waals surface area contributed by atoms with Gasteiger partial charge in [-0.3, -0.25) is 9.69 Å². The van der Waals surface area contributed by atoms with E-state index in [9.17, 15) is 4.79 Å². The molecule has 1 radical (unpaired) electrons. The summed E-state index contributed by atoms with van der Waals surface area (Å²) in [5.41, 5.74) is 0. The van der Waals surface area contributed by atoms with Crippen molar-refractivity contribution < 1.29 is 4.79 Å². The van der Waals surface area contributed by atoms with Crippen LogP contribution in [-0.4, -0.2) is 29.3 Å². The van der Waals surface area contributed by atoms with Crippen molar-refractivity contribution in [2.75, 3.05) is 0 Å². The predicted octanol–water partition coefficient (Wildman–Crippen LogP) is 2.38. The summed E-state index contributed by atoms with van der Waals surface area (Å²) < 4.78 is 0. The van der Waals surface area contributed by atoms with Crippen molar-refractivity contribution in [3.63, 3.8) is 0 Å². The van der Waals surface area contributed by atoms with E-state index in [1.165, 1.54) is 0 Å². The molecule has 0 aliphatic heterocycles. The Hall–Kier alpha value is -0.370. The molecule has 0 aromatic rings. The number of nitrogens with zero attached hydrogens (tertiary/aromatic N) is 1. The molecule has 1 unspecified atom stereocenters. The van der Waals surface area contributed by atoms with Gasteiger partial charge in [0, 0.05) is 24.5 Å². The minimum absolute atomic E-state index is 0.359. The number of rotatable bonds is 6. The third-order valence-electron chi connectivity index (χ3n) is 2.40. The van der Waals surface area contributed by atoms with Crippen LogP contribution in [0.4, 0.5) is 0 Å². The molecule has 77 valence electrons. The fourth-order valence-corrected chi connectivity index (χ4v) is 2.00. The maximum atomic E-state index is 10.4. The van der Waals surface area contributed by atoms with Gasteiger partial charge in [0.1, 0.15) is 0 Å². The average molecular weight is 184 g/mol. The fourth-order valence-electron chi connectivity index (χ4n) is 2.00. The Morgan fingerprint density at radius 1 is 1.15 bits per heavy atom. The third-order valence-corrected chi connectivity index (χ3v) is 2.40. The lowest BCUT2D eigenvalue weighted by atomic mass is 10.1. The normalized spacial score (nSPS) is 14.2. The first-order valence-corrected chi connectivity index (χ1v) is 5.17. The summed E-state index contributed by atoms with van der Waals surface area (Å²) in [5.74, 6) is 0. The summed E-state index contributed by atoms with van der Waals surface area (Å²) in [5, 5.41) is 0. The molecular weight excluding hydrogens is 162 g/mol. The summed E-state index contributed by atoms with van der Waals surface area (Å²) in [6.45, 7) is 10.8. The van der Waals surface area contributed by atoms with Crippen molar-refractivity contribution in [1.82, 2.24) is 4.90 Å². The topological polar surface area (TPSA) is 20.3 Å². The lowest BCUT2D eigenvalue weighted by molar-refractivity contribution is 0.112. The molecule has 0 spiro atoms. The minimum Gasteiger partial charge on any atom is -0.295 e. The molecule has 2 nitrogen and oxygen atoms in total. The van der Waals surface area contributed by atoms with Crippen LogP contribution in [0.3, 0.4) is 0 Å². The molecular formula is C11H22NO. The van der Waals surface area contributed by atoms with Crippen molar-refractivity contribution >= 4 is 6.29 Å². The first kappa shape index (κ1) is 12.6. The van der Waals surface area contributed by atoms with Gasteiger partial charge in [0.2, 0.25) is 0 Å². The van der Waals surface area contributed by atoms with Crippen LogP contribution in [-0.2, 0) is 4.79 Å². The molecule has 0 heterocycles. The van der Waals surface area contributed by atoms with Gasteiger partial charge in [0.15, 0.2) is 6.29 Å². The van der Waals surface area contributed by atoms with Gasteiger partial charge in [0.25, 0.3) is 0 Å². The van der Waals surface area contributed by atoms with Crippen LogP contribution in [0.2, 0.25) is 0 Å². The SMILES string of the molecule is CCC(C[C]=O)N(C(C)C)C(C)C. The first-order valence-electron chi connectivity index (χ1n) is 5.17. The van der Waals surface area contributed by atoms with Gasteiger partial charge in [-0.05, 0) is 34.1 Å². The lowest BCUT2D eigenvalue weighted by Gasteiger charge is -2.36. The second-order valence-electron chi connectivity index (χ2n) is 4.05. The molecule has 0 aromatic heterocycles. The van der Waals surface area contributed by atoms with Gasteiger partial charge in [-0.15, -0.1) is 0 Å². The molecule has 13 heavy (non-hydrogen) atoms. The third kappa shape index (κ3) is 3.90. The van der Waals surface area contributed by atoms with Gasteiger partial charge in [-0.2, -0.15) is 0 Å². The Labute approximate surface area is 82.3 Å². The molecule has 0 aliphatic rings. The van der Waals surface area contributed by atoms with E-state index in [2.05, 4.69) is 39.5 Å². The Morgan fingerprint density at radius 2 is 1.62 bits per heavy atom. The standard InChI is InChI=1S/C11H22NO/c1-6-11(7-8-13)12(9(2)3)10(4)5/h9-11H,6-7H2,1-5H3. The zero-order valence-corrected chi connectivity index (χ0v) is 9.50. The van der Waals surface area contributed by atoms with Crippen LogP contribution in [0.5, 0.6) is 0 Å². The summed E-state index contributed by atoms with van der Waals surface area (Å²) in [6.07, 6.45) is 3.57. The van der Waals surface area contributed by atoms with E-state index in [0.717, 1.165) is 6.42 Å². The predicted molar refractivity (Wildman–Crippen MR) is 56.5 cm³/mol. The summed E-state index contributed by atoms with van der Waals surface area (Å²) in [6, 6.07) is 1.36. The smallest absolute Gasteiger partial charge is 0.200 e. The second kappa shape index (κ2) is 6.14. The Kier molecular flexibility index (Phi) is 5.97. The molecule has 0 amide bonds. The first-order chi connectivity index (χ1) is 6.04. The minimum atomic E-state index is 0.359. The van der Waals surface area contributed by atoms with Crippen LogP contribution >= 0.6 is 0 Å². The zero-order valence-electron chi connectivity index (χ0n) is 9.50. The van der Waals surface area contributed by atoms with E-state index in [-0.39, 0.29) is 0 Å². The zero-order chi connectivity index (χ0) is 10.4. The van der Waals surface area contributed by atoms with E-state index in [4.69, 9.17) is 0 Å². The molecule has 0 bridgehead atoms. The highest BCUT2D eigenvalue weighted by Crippen LogP contribution is 2.15. The van der Waals surface area contributed by atoms with Gasteiger partial charge in [-0.1, -0.05) is 6.92 Å². The molecule has 1 atom stereocenters. The molecule has 0 saturated carbocycles. The van der Waals surface area contributed by atoms with Crippen molar-refractivity contribution in [3.05, 3.63) is 0 Å². The van der Waals surface area contributed by atoms with Crippen molar-refractivity contribution in [3.8, 4) is 0 Å². The fraction of sp³-hybridized carbons (Fsp3) is 0.909. The van der Waals surface area contributed by atoms with Gasteiger partial charge in [0.05, 0.1) is 0 Å². The van der Waals surface area contributed by atoms with Gasteiger partial charge in [-0.25, -0.2) is 0 Å². The number of hydrogen-bond donors (Lipinski definition) is 0. The van der Waals surface area contributed by atoms with Crippen molar-refractivity contribution in [1.29, 1.82) is 0 Å². The Bertz CT molecular complexity index is 135. The Balaban J connectivity index is 4.38. The van der Waals surface area contributed by atoms with E-state index in [1.54, 1.807) is 0 Å². The largest absolute Gasteiger partial charge is 0.295 e. The average Bonchev–Trinajstić information content (AvgIpc) is 2.02. The van der Waals surface area contributed by atoms with Crippen LogP contribution in [0, 0.1) is 0 Å². The van der Waals surface area contributed by atoms with Gasteiger partial charge < -0.3 is 0 Å². The highest BCUT2D eigenvalue weighted by molar-refractivity contribution is 5.51. The monoisotopic (exact) mass is 184 g/mol. The van der Waals surface area contributed by atoms with Crippen molar-refractivity contribution in [2.45, 2.75) is 65.6 Å². The Morgan fingerprint density at radius 3 is 1.85 bits per heavy atom. The summed E-state index contributed by atoms with van der Waals surface area (Å²) in [7, 11) is 0. The van der Waals surface area contributed by atoms with Crippen LogP contribution in [0.25, 0.3) is 0 Å². The molecule has 2 heteroatoms. The van der Waals surface area contributed by atoms with Crippen LogP contribution < -0.4 is 0 Å². The lowest BCUT2D eigenvalue weighted by Crippen LogP contribution is -2.44. The molecule has 0 aromatic carbocycles. The molecule has 0 aliphatic carbocycles.